The van der Waals surface area contributed by atoms with E-state index in [1.165, 1.54) is 0 Å². The molecule has 0 spiro atoms. The molecule has 3 N–H and O–H groups in total. The molecule has 0 fully saturated rings. The first-order valence-corrected chi connectivity index (χ1v) is 5.44. The fourth-order valence-corrected chi connectivity index (χ4v) is 1.82. The standard InChI is InChI=1S/C10H10BrN3O2/c1-5-2-3-6(11)8(9(5)15)10-13-7(4-12)16-14-10/h2-3,15H,4,12H2,1H3. The van der Waals surface area contributed by atoms with Crippen LogP contribution in [0.25, 0.3) is 11.4 Å². The number of hydrogen-bond donors (Lipinski definition) is 2. The van der Waals surface area contributed by atoms with Crippen molar-refractivity contribution in [3.63, 3.8) is 0 Å². The Hall–Kier alpha value is -1.40. The Balaban J connectivity index is 2.58. The van der Waals surface area contributed by atoms with Gasteiger partial charge < -0.3 is 15.4 Å². The van der Waals surface area contributed by atoms with E-state index in [0.717, 1.165) is 5.56 Å². The molecular formula is C10H10BrN3O2. The number of halogens is 1. The summed E-state index contributed by atoms with van der Waals surface area (Å²) >= 11 is 3.34. The van der Waals surface area contributed by atoms with Gasteiger partial charge in [0, 0.05) is 4.47 Å². The molecular weight excluding hydrogens is 274 g/mol. The summed E-state index contributed by atoms with van der Waals surface area (Å²) in [5.74, 6) is 0.801. The van der Waals surface area contributed by atoms with Gasteiger partial charge in [0.15, 0.2) is 0 Å². The van der Waals surface area contributed by atoms with Crippen LogP contribution in [0.4, 0.5) is 0 Å². The summed E-state index contributed by atoms with van der Waals surface area (Å²) in [6.07, 6.45) is 0. The number of phenols is 1. The smallest absolute Gasteiger partial charge is 0.240 e. The topological polar surface area (TPSA) is 85.2 Å². The molecule has 16 heavy (non-hydrogen) atoms. The predicted molar refractivity (Wildman–Crippen MR) is 61.7 cm³/mol. The van der Waals surface area contributed by atoms with E-state index in [9.17, 15) is 5.11 Å². The highest BCUT2D eigenvalue weighted by Crippen LogP contribution is 2.36. The van der Waals surface area contributed by atoms with Crippen LogP contribution in [0.1, 0.15) is 11.5 Å². The normalized spacial score (nSPS) is 10.7. The zero-order valence-electron chi connectivity index (χ0n) is 8.57. The van der Waals surface area contributed by atoms with Gasteiger partial charge in [0.1, 0.15) is 5.75 Å². The molecule has 6 heteroatoms. The lowest BCUT2D eigenvalue weighted by atomic mass is 10.1. The number of nitrogens with two attached hydrogens (primary N) is 1. The van der Waals surface area contributed by atoms with E-state index >= 15 is 0 Å². The Kier molecular flexibility index (Phi) is 2.93. The van der Waals surface area contributed by atoms with E-state index in [0.29, 0.717) is 21.8 Å². The van der Waals surface area contributed by atoms with Gasteiger partial charge in [-0.15, -0.1) is 0 Å². The van der Waals surface area contributed by atoms with E-state index in [1.54, 1.807) is 13.0 Å². The number of aromatic hydroxyl groups is 1. The molecule has 0 atom stereocenters. The molecule has 0 bridgehead atoms. The average Bonchev–Trinajstić information content (AvgIpc) is 2.73. The van der Waals surface area contributed by atoms with Gasteiger partial charge in [-0.3, -0.25) is 0 Å². The minimum atomic E-state index is 0.138. The largest absolute Gasteiger partial charge is 0.507 e. The van der Waals surface area contributed by atoms with Crippen LogP contribution in [0.3, 0.4) is 0 Å². The Morgan fingerprint density at radius 2 is 2.25 bits per heavy atom. The number of phenolic OH excluding ortho intramolecular Hbond substituents is 1. The maximum absolute atomic E-state index is 9.93. The van der Waals surface area contributed by atoms with Crippen LogP contribution in [0, 0.1) is 6.92 Å². The second-order valence-electron chi connectivity index (χ2n) is 3.30. The lowest BCUT2D eigenvalue weighted by Gasteiger charge is -2.05. The third-order valence-corrected chi connectivity index (χ3v) is 2.86. The van der Waals surface area contributed by atoms with E-state index in [-0.39, 0.29) is 12.3 Å². The summed E-state index contributed by atoms with van der Waals surface area (Å²) in [7, 11) is 0. The minimum absolute atomic E-state index is 0.138. The van der Waals surface area contributed by atoms with E-state index in [2.05, 4.69) is 26.1 Å². The van der Waals surface area contributed by atoms with Crippen molar-refractivity contribution in [2.24, 2.45) is 5.73 Å². The molecule has 0 radical (unpaired) electrons. The van der Waals surface area contributed by atoms with Crippen LogP contribution in [0.5, 0.6) is 5.75 Å². The number of nitrogens with zero attached hydrogens (tertiary/aromatic N) is 2. The van der Waals surface area contributed by atoms with Gasteiger partial charge >= 0.3 is 0 Å². The van der Waals surface area contributed by atoms with Crippen molar-refractivity contribution in [1.82, 2.24) is 10.1 Å². The Morgan fingerprint density at radius 1 is 1.50 bits per heavy atom. The highest BCUT2D eigenvalue weighted by molar-refractivity contribution is 9.10. The summed E-state index contributed by atoms with van der Waals surface area (Å²) < 4.78 is 5.61. The van der Waals surface area contributed by atoms with E-state index in [4.69, 9.17) is 10.3 Å². The molecule has 1 aromatic heterocycles. The van der Waals surface area contributed by atoms with Gasteiger partial charge in [-0.05, 0) is 34.5 Å². The fourth-order valence-electron chi connectivity index (χ4n) is 1.32. The van der Waals surface area contributed by atoms with Gasteiger partial charge in [0.25, 0.3) is 0 Å². The van der Waals surface area contributed by atoms with Gasteiger partial charge in [0.2, 0.25) is 11.7 Å². The summed E-state index contributed by atoms with van der Waals surface area (Å²) in [4.78, 5) is 4.07. The van der Waals surface area contributed by atoms with Gasteiger partial charge in [-0.1, -0.05) is 11.2 Å². The van der Waals surface area contributed by atoms with Crippen LogP contribution in [0.2, 0.25) is 0 Å². The van der Waals surface area contributed by atoms with Crippen molar-refractivity contribution < 1.29 is 9.63 Å². The molecule has 0 saturated carbocycles. The zero-order chi connectivity index (χ0) is 11.7. The van der Waals surface area contributed by atoms with Crippen molar-refractivity contribution >= 4 is 15.9 Å². The Labute approximate surface area is 100 Å². The number of aromatic nitrogens is 2. The van der Waals surface area contributed by atoms with Crippen LogP contribution >= 0.6 is 15.9 Å². The highest BCUT2D eigenvalue weighted by atomic mass is 79.9. The van der Waals surface area contributed by atoms with Gasteiger partial charge in [-0.25, -0.2) is 0 Å². The molecule has 1 heterocycles. The van der Waals surface area contributed by atoms with Crippen LogP contribution in [-0.4, -0.2) is 15.2 Å². The first kappa shape index (κ1) is 11.1. The Morgan fingerprint density at radius 3 is 2.88 bits per heavy atom. The van der Waals surface area contributed by atoms with Crippen LogP contribution < -0.4 is 5.73 Å². The third-order valence-electron chi connectivity index (χ3n) is 2.20. The minimum Gasteiger partial charge on any atom is -0.507 e. The fraction of sp³-hybridized carbons (Fsp3) is 0.200. The predicted octanol–water partition coefficient (Wildman–Crippen LogP) is 1.97. The van der Waals surface area contributed by atoms with Gasteiger partial charge in [0.05, 0.1) is 12.1 Å². The molecule has 0 saturated heterocycles. The maximum atomic E-state index is 9.93. The van der Waals surface area contributed by atoms with Crippen molar-refractivity contribution in [2.45, 2.75) is 13.5 Å². The molecule has 2 aromatic rings. The second kappa shape index (κ2) is 4.23. The molecule has 0 aliphatic heterocycles. The second-order valence-corrected chi connectivity index (χ2v) is 4.16. The van der Waals surface area contributed by atoms with Gasteiger partial charge in [-0.2, -0.15) is 4.98 Å². The van der Waals surface area contributed by atoms with Crippen LogP contribution in [0.15, 0.2) is 21.1 Å². The van der Waals surface area contributed by atoms with E-state index in [1.807, 2.05) is 6.07 Å². The zero-order valence-corrected chi connectivity index (χ0v) is 10.2. The molecule has 0 amide bonds. The van der Waals surface area contributed by atoms with Crippen molar-refractivity contribution in [3.05, 3.63) is 28.1 Å². The summed E-state index contributed by atoms with van der Waals surface area (Å²) in [5, 5.41) is 13.7. The van der Waals surface area contributed by atoms with Crippen LogP contribution in [-0.2, 0) is 6.54 Å². The molecule has 2 rings (SSSR count). The summed E-state index contributed by atoms with van der Waals surface area (Å²) in [6.45, 7) is 1.98. The quantitative estimate of drug-likeness (QED) is 0.880. The lowest BCUT2D eigenvalue weighted by molar-refractivity contribution is 0.380. The SMILES string of the molecule is Cc1ccc(Br)c(-c2noc(CN)n2)c1O. The number of hydrogen-bond acceptors (Lipinski definition) is 5. The summed E-state index contributed by atoms with van der Waals surface area (Å²) in [5.41, 5.74) is 6.64. The number of aryl methyl sites for hydroxylation is 1. The molecule has 0 unspecified atom stereocenters. The molecule has 1 aromatic carbocycles. The number of rotatable bonds is 2. The Bertz CT molecular complexity index is 525. The monoisotopic (exact) mass is 283 g/mol. The maximum Gasteiger partial charge on any atom is 0.240 e. The molecule has 0 aliphatic carbocycles. The first-order valence-electron chi connectivity index (χ1n) is 4.64. The lowest BCUT2D eigenvalue weighted by Crippen LogP contribution is -1.95. The first-order chi connectivity index (χ1) is 7.63. The molecule has 84 valence electrons. The number of benzene rings is 1. The van der Waals surface area contributed by atoms with Crippen molar-refractivity contribution in [3.8, 4) is 17.1 Å². The van der Waals surface area contributed by atoms with E-state index < -0.39 is 0 Å². The molecule has 5 nitrogen and oxygen atoms in total. The molecule has 0 aliphatic rings. The van der Waals surface area contributed by atoms with Crippen molar-refractivity contribution in [2.75, 3.05) is 0 Å². The summed E-state index contributed by atoms with van der Waals surface area (Å²) in [6, 6.07) is 3.62. The third kappa shape index (κ3) is 1.81. The average molecular weight is 284 g/mol. The van der Waals surface area contributed by atoms with Crippen molar-refractivity contribution in [1.29, 1.82) is 0 Å². The highest BCUT2D eigenvalue weighted by Gasteiger charge is 2.16.